The van der Waals surface area contributed by atoms with Crippen LogP contribution < -0.4 is 4.90 Å². The molecular weight excluding hydrogens is 286 g/mol. The van der Waals surface area contributed by atoms with Crippen molar-refractivity contribution in [1.29, 1.82) is 0 Å². The molecule has 2 aromatic rings. The van der Waals surface area contributed by atoms with E-state index < -0.39 is 18.4 Å². The van der Waals surface area contributed by atoms with Gasteiger partial charge in [0.1, 0.15) is 12.3 Å². The van der Waals surface area contributed by atoms with E-state index in [1.807, 2.05) is 0 Å². The third kappa shape index (κ3) is 3.42. The van der Waals surface area contributed by atoms with E-state index in [0.717, 1.165) is 4.90 Å². The van der Waals surface area contributed by atoms with E-state index in [2.05, 4.69) is 0 Å². The minimum atomic E-state index is -1.14. The Balaban J connectivity index is 2.37. The number of carboxylic acids is 1. The maximum Gasteiger partial charge on any atom is 0.323 e. The van der Waals surface area contributed by atoms with Crippen molar-refractivity contribution in [3.8, 4) is 5.75 Å². The van der Waals surface area contributed by atoms with Crippen molar-refractivity contribution in [2.24, 2.45) is 0 Å². The summed E-state index contributed by atoms with van der Waals surface area (Å²) in [5.74, 6) is -1.90. The topological polar surface area (TPSA) is 98.1 Å². The lowest BCUT2D eigenvalue weighted by atomic mass is 10.1. The summed E-state index contributed by atoms with van der Waals surface area (Å²) in [4.78, 5) is 24.6. The van der Waals surface area contributed by atoms with Crippen LogP contribution in [-0.4, -0.2) is 33.7 Å². The molecule has 2 rings (SSSR count). The number of phenols is 1. The van der Waals surface area contributed by atoms with Gasteiger partial charge in [0.25, 0.3) is 5.91 Å². The van der Waals surface area contributed by atoms with E-state index in [1.165, 1.54) is 18.2 Å². The van der Waals surface area contributed by atoms with Crippen LogP contribution in [0, 0.1) is 0 Å². The molecule has 0 heterocycles. The lowest BCUT2D eigenvalue weighted by Crippen LogP contribution is -2.35. The molecule has 1 amide bonds. The number of carbonyl (C=O) groups is 2. The fraction of sp³-hybridized carbons (Fsp3) is 0.125. The van der Waals surface area contributed by atoms with E-state index in [4.69, 9.17) is 10.2 Å². The second-order valence-corrected chi connectivity index (χ2v) is 4.62. The molecule has 0 saturated carbocycles. The Kier molecular flexibility index (Phi) is 4.75. The molecule has 0 aromatic heterocycles. The number of aliphatic hydroxyl groups excluding tert-OH is 1. The minimum Gasteiger partial charge on any atom is -0.508 e. The highest BCUT2D eigenvalue weighted by molar-refractivity contribution is 6.08. The van der Waals surface area contributed by atoms with Gasteiger partial charge in [0.2, 0.25) is 0 Å². The standard InChI is InChI=1S/C16H15NO5/c18-10-12-7-6-11(8-14(12)19)16(22)17(9-15(20)21)13-4-2-1-3-5-13/h1-8,18-19H,9-10H2,(H,20,21). The van der Waals surface area contributed by atoms with Gasteiger partial charge in [-0.15, -0.1) is 0 Å². The number of hydrogen-bond acceptors (Lipinski definition) is 4. The van der Waals surface area contributed by atoms with Crippen molar-refractivity contribution < 1.29 is 24.9 Å². The monoisotopic (exact) mass is 301 g/mol. The normalized spacial score (nSPS) is 10.2. The Morgan fingerprint density at radius 2 is 1.73 bits per heavy atom. The summed E-state index contributed by atoms with van der Waals surface area (Å²) in [5.41, 5.74) is 0.876. The zero-order chi connectivity index (χ0) is 16.1. The number of anilines is 1. The molecule has 0 aliphatic rings. The maximum absolute atomic E-state index is 12.5. The van der Waals surface area contributed by atoms with Gasteiger partial charge in [-0.2, -0.15) is 0 Å². The molecule has 0 saturated heterocycles. The summed E-state index contributed by atoms with van der Waals surface area (Å²) in [6, 6.07) is 12.5. The van der Waals surface area contributed by atoms with E-state index >= 15 is 0 Å². The quantitative estimate of drug-likeness (QED) is 0.779. The van der Waals surface area contributed by atoms with Gasteiger partial charge in [0.15, 0.2) is 0 Å². The Hall–Kier alpha value is -2.86. The van der Waals surface area contributed by atoms with Crippen LogP contribution in [0.25, 0.3) is 0 Å². The molecule has 0 radical (unpaired) electrons. The van der Waals surface area contributed by atoms with E-state index in [9.17, 15) is 14.7 Å². The van der Waals surface area contributed by atoms with Gasteiger partial charge in [-0.1, -0.05) is 24.3 Å². The first-order valence-electron chi connectivity index (χ1n) is 6.54. The molecule has 6 heteroatoms. The van der Waals surface area contributed by atoms with Gasteiger partial charge in [-0.3, -0.25) is 14.5 Å². The van der Waals surface area contributed by atoms with Crippen molar-refractivity contribution in [3.63, 3.8) is 0 Å². The molecule has 0 atom stereocenters. The van der Waals surface area contributed by atoms with Crippen LogP contribution in [0.2, 0.25) is 0 Å². The first kappa shape index (κ1) is 15.5. The zero-order valence-corrected chi connectivity index (χ0v) is 11.6. The predicted molar refractivity (Wildman–Crippen MR) is 79.8 cm³/mol. The smallest absolute Gasteiger partial charge is 0.323 e. The van der Waals surface area contributed by atoms with Crippen molar-refractivity contribution in [3.05, 3.63) is 59.7 Å². The summed E-state index contributed by atoms with van der Waals surface area (Å²) < 4.78 is 0. The van der Waals surface area contributed by atoms with Crippen LogP contribution in [0.4, 0.5) is 5.69 Å². The molecule has 114 valence electrons. The molecule has 0 aliphatic heterocycles. The van der Waals surface area contributed by atoms with E-state index in [0.29, 0.717) is 11.3 Å². The number of carboxylic acid groups (broad SMARTS) is 1. The number of nitrogens with zero attached hydrogens (tertiary/aromatic N) is 1. The van der Waals surface area contributed by atoms with Crippen molar-refractivity contribution >= 4 is 17.6 Å². The van der Waals surface area contributed by atoms with Crippen molar-refractivity contribution in [2.45, 2.75) is 6.61 Å². The number of carbonyl (C=O) groups excluding carboxylic acids is 1. The molecule has 6 nitrogen and oxygen atoms in total. The van der Waals surface area contributed by atoms with E-state index in [-0.39, 0.29) is 17.9 Å². The first-order chi connectivity index (χ1) is 10.5. The highest BCUT2D eigenvalue weighted by atomic mass is 16.4. The average molecular weight is 301 g/mol. The van der Waals surface area contributed by atoms with Gasteiger partial charge >= 0.3 is 5.97 Å². The van der Waals surface area contributed by atoms with Crippen molar-refractivity contribution in [2.75, 3.05) is 11.4 Å². The van der Waals surface area contributed by atoms with Crippen LogP contribution in [0.1, 0.15) is 15.9 Å². The van der Waals surface area contributed by atoms with Crippen LogP contribution in [0.15, 0.2) is 48.5 Å². The molecule has 0 unspecified atom stereocenters. The number of para-hydroxylation sites is 1. The van der Waals surface area contributed by atoms with Crippen LogP contribution in [0.3, 0.4) is 0 Å². The number of aliphatic carboxylic acids is 1. The van der Waals surface area contributed by atoms with Crippen LogP contribution in [0.5, 0.6) is 5.75 Å². The highest BCUT2D eigenvalue weighted by Gasteiger charge is 2.21. The summed E-state index contributed by atoms with van der Waals surface area (Å²) in [6.45, 7) is -0.844. The number of benzene rings is 2. The lowest BCUT2D eigenvalue weighted by Gasteiger charge is -2.21. The van der Waals surface area contributed by atoms with E-state index in [1.54, 1.807) is 30.3 Å². The maximum atomic E-state index is 12.5. The Bertz CT molecular complexity index is 684. The summed E-state index contributed by atoms with van der Waals surface area (Å²) >= 11 is 0. The number of hydrogen-bond donors (Lipinski definition) is 3. The fourth-order valence-corrected chi connectivity index (χ4v) is 2.01. The Morgan fingerprint density at radius 3 is 2.27 bits per heavy atom. The van der Waals surface area contributed by atoms with Gasteiger partial charge in [-0.25, -0.2) is 0 Å². The van der Waals surface area contributed by atoms with Crippen LogP contribution >= 0.6 is 0 Å². The number of rotatable bonds is 5. The molecule has 3 N–H and O–H groups in total. The van der Waals surface area contributed by atoms with Gasteiger partial charge in [0, 0.05) is 16.8 Å². The molecule has 0 fully saturated rings. The predicted octanol–water partition coefficient (Wildman–Crippen LogP) is 1.62. The number of aliphatic hydroxyl groups is 1. The second kappa shape index (κ2) is 6.73. The van der Waals surface area contributed by atoms with Crippen LogP contribution in [-0.2, 0) is 11.4 Å². The largest absolute Gasteiger partial charge is 0.508 e. The molecule has 0 bridgehead atoms. The zero-order valence-electron chi connectivity index (χ0n) is 11.6. The Labute approximate surface area is 126 Å². The molecule has 22 heavy (non-hydrogen) atoms. The number of aromatic hydroxyl groups is 1. The van der Waals surface area contributed by atoms with Gasteiger partial charge in [-0.05, 0) is 24.3 Å². The average Bonchev–Trinajstić information content (AvgIpc) is 2.52. The summed E-state index contributed by atoms with van der Waals surface area (Å²) in [5, 5.41) is 27.7. The SMILES string of the molecule is O=C(O)CN(C(=O)c1ccc(CO)c(O)c1)c1ccccc1. The van der Waals surface area contributed by atoms with Gasteiger partial charge < -0.3 is 15.3 Å². The second-order valence-electron chi connectivity index (χ2n) is 4.62. The van der Waals surface area contributed by atoms with Crippen molar-refractivity contribution in [1.82, 2.24) is 0 Å². The number of amides is 1. The highest BCUT2D eigenvalue weighted by Crippen LogP contribution is 2.22. The molecular formula is C16H15NO5. The van der Waals surface area contributed by atoms with Gasteiger partial charge in [0.05, 0.1) is 6.61 Å². The third-order valence-corrected chi connectivity index (χ3v) is 3.11. The lowest BCUT2D eigenvalue weighted by molar-refractivity contribution is -0.135. The summed E-state index contributed by atoms with van der Waals surface area (Å²) in [6.07, 6.45) is 0. The summed E-state index contributed by atoms with van der Waals surface area (Å²) in [7, 11) is 0. The minimum absolute atomic E-state index is 0.139. The fourth-order valence-electron chi connectivity index (χ4n) is 2.01. The molecule has 0 aliphatic carbocycles. The molecule has 0 spiro atoms. The Morgan fingerprint density at radius 1 is 1.05 bits per heavy atom. The first-order valence-corrected chi connectivity index (χ1v) is 6.54. The molecule has 2 aromatic carbocycles. The third-order valence-electron chi connectivity index (χ3n) is 3.11.